The maximum absolute atomic E-state index is 6.08. The van der Waals surface area contributed by atoms with Gasteiger partial charge in [-0.15, -0.1) is 0 Å². The van der Waals surface area contributed by atoms with Crippen molar-refractivity contribution in [2.24, 2.45) is 5.41 Å². The Kier molecular flexibility index (Phi) is 4.75. The SMILES string of the molecule is CCc1nc(Cl)c(C)c(NCCC(C)(C)C)n1. The minimum atomic E-state index is 0.325. The second-order valence-corrected chi connectivity index (χ2v) is 5.85. The normalized spacial score (nSPS) is 11.6. The lowest BCUT2D eigenvalue weighted by Gasteiger charge is -2.19. The molecule has 0 radical (unpaired) electrons. The second kappa shape index (κ2) is 5.67. The molecule has 0 aromatic carbocycles. The van der Waals surface area contributed by atoms with Crippen LogP contribution in [0.5, 0.6) is 0 Å². The van der Waals surface area contributed by atoms with E-state index >= 15 is 0 Å². The van der Waals surface area contributed by atoms with E-state index in [1.807, 2.05) is 13.8 Å². The fourth-order valence-corrected chi connectivity index (χ4v) is 1.61. The van der Waals surface area contributed by atoms with Crippen molar-refractivity contribution in [2.75, 3.05) is 11.9 Å². The van der Waals surface area contributed by atoms with Crippen LogP contribution in [0.3, 0.4) is 0 Å². The van der Waals surface area contributed by atoms with E-state index in [9.17, 15) is 0 Å². The molecule has 3 nitrogen and oxygen atoms in total. The molecule has 0 aliphatic rings. The van der Waals surface area contributed by atoms with Crippen LogP contribution in [0.25, 0.3) is 0 Å². The zero-order valence-corrected chi connectivity index (χ0v) is 12.1. The molecule has 1 rings (SSSR count). The molecule has 0 atom stereocenters. The Morgan fingerprint density at radius 2 is 1.88 bits per heavy atom. The Hall–Kier alpha value is -0.830. The number of nitrogens with one attached hydrogen (secondary N) is 1. The summed E-state index contributed by atoms with van der Waals surface area (Å²) in [5.41, 5.74) is 1.25. The van der Waals surface area contributed by atoms with Crippen molar-refractivity contribution in [3.8, 4) is 0 Å². The zero-order chi connectivity index (χ0) is 13.1. The van der Waals surface area contributed by atoms with E-state index in [4.69, 9.17) is 11.6 Å². The summed E-state index contributed by atoms with van der Waals surface area (Å²) in [7, 11) is 0. The fraction of sp³-hybridized carbons (Fsp3) is 0.692. The number of nitrogens with zero attached hydrogens (tertiary/aromatic N) is 2. The molecule has 0 unspecified atom stereocenters. The Morgan fingerprint density at radius 3 is 2.41 bits per heavy atom. The van der Waals surface area contributed by atoms with Gasteiger partial charge in [-0.25, -0.2) is 9.97 Å². The molecule has 0 bridgehead atoms. The lowest BCUT2D eigenvalue weighted by atomic mass is 9.92. The number of hydrogen-bond acceptors (Lipinski definition) is 3. The zero-order valence-electron chi connectivity index (χ0n) is 11.4. The van der Waals surface area contributed by atoms with Gasteiger partial charge in [0, 0.05) is 18.5 Å². The lowest BCUT2D eigenvalue weighted by molar-refractivity contribution is 0.389. The first kappa shape index (κ1) is 14.2. The quantitative estimate of drug-likeness (QED) is 0.831. The minimum absolute atomic E-state index is 0.325. The molecule has 0 fully saturated rings. The van der Waals surface area contributed by atoms with Crippen LogP contribution in [0.4, 0.5) is 5.82 Å². The number of anilines is 1. The largest absolute Gasteiger partial charge is 0.370 e. The Balaban J connectivity index is 2.73. The molecule has 1 aromatic rings. The lowest BCUT2D eigenvalue weighted by Crippen LogP contribution is -2.15. The molecule has 0 aliphatic heterocycles. The number of rotatable bonds is 4. The van der Waals surface area contributed by atoms with E-state index in [0.717, 1.165) is 36.6 Å². The number of aryl methyl sites for hydroxylation is 1. The summed E-state index contributed by atoms with van der Waals surface area (Å²) in [5, 5.41) is 3.90. The van der Waals surface area contributed by atoms with Gasteiger partial charge >= 0.3 is 0 Å². The maximum Gasteiger partial charge on any atom is 0.137 e. The van der Waals surface area contributed by atoms with Crippen LogP contribution in [0, 0.1) is 12.3 Å². The average Bonchev–Trinajstić information content (AvgIpc) is 2.22. The first-order valence-electron chi connectivity index (χ1n) is 6.10. The fourth-order valence-electron chi connectivity index (χ4n) is 1.42. The Morgan fingerprint density at radius 1 is 1.24 bits per heavy atom. The van der Waals surface area contributed by atoms with Crippen LogP contribution < -0.4 is 5.32 Å². The van der Waals surface area contributed by atoms with Gasteiger partial charge in [0.15, 0.2) is 0 Å². The van der Waals surface area contributed by atoms with E-state index in [0.29, 0.717) is 10.6 Å². The van der Waals surface area contributed by atoms with Crippen molar-refractivity contribution >= 4 is 17.4 Å². The highest BCUT2D eigenvalue weighted by molar-refractivity contribution is 6.30. The molecule has 0 aliphatic carbocycles. The maximum atomic E-state index is 6.08. The standard InChI is InChI=1S/C13H22ClN3/c1-6-10-16-11(14)9(2)12(17-10)15-8-7-13(3,4)5/h6-8H2,1-5H3,(H,15,16,17). The van der Waals surface area contributed by atoms with Crippen LogP contribution in [0.1, 0.15) is 45.5 Å². The molecule has 0 saturated heterocycles. The molecule has 1 N–H and O–H groups in total. The Bertz CT molecular complexity index is 383. The first-order valence-corrected chi connectivity index (χ1v) is 6.48. The summed E-state index contributed by atoms with van der Waals surface area (Å²) >= 11 is 6.08. The third kappa shape index (κ3) is 4.50. The highest BCUT2D eigenvalue weighted by atomic mass is 35.5. The van der Waals surface area contributed by atoms with E-state index in [-0.39, 0.29) is 0 Å². The van der Waals surface area contributed by atoms with Crippen molar-refractivity contribution in [3.05, 3.63) is 16.5 Å². The third-order valence-electron chi connectivity index (χ3n) is 2.62. The van der Waals surface area contributed by atoms with Gasteiger partial charge in [-0.3, -0.25) is 0 Å². The molecular weight excluding hydrogens is 234 g/mol. The van der Waals surface area contributed by atoms with E-state index in [1.165, 1.54) is 0 Å². The van der Waals surface area contributed by atoms with Crippen LogP contribution in [0.2, 0.25) is 5.15 Å². The van der Waals surface area contributed by atoms with Gasteiger partial charge in [0.2, 0.25) is 0 Å². The summed E-state index contributed by atoms with van der Waals surface area (Å²) in [4.78, 5) is 8.69. The number of halogens is 1. The molecular formula is C13H22ClN3. The van der Waals surface area contributed by atoms with E-state index < -0.39 is 0 Å². The number of aromatic nitrogens is 2. The highest BCUT2D eigenvalue weighted by Gasteiger charge is 2.11. The smallest absolute Gasteiger partial charge is 0.137 e. The summed E-state index contributed by atoms with van der Waals surface area (Å²) in [6.45, 7) is 11.6. The third-order valence-corrected chi connectivity index (χ3v) is 2.98. The van der Waals surface area contributed by atoms with E-state index in [1.54, 1.807) is 0 Å². The summed E-state index contributed by atoms with van der Waals surface area (Å²) in [6.07, 6.45) is 1.89. The minimum Gasteiger partial charge on any atom is -0.370 e. The average molecular weight is 256 g/mol. The van der Waals surface area contributed by atoms with Gasteiger partial charge in [-0.2, -0.15) is 0 Å². The van der Waals surface area contributed by atoms with Crippen LogP contribution in [-0.2, 0) is 6.42 Å². The van der Waals surface area contributed by atoms with Gasteiger partial charge in [0.05, 0.1) is 0 Å². The van der Waals surface area contributed by atoms with Crippen LogP contribution >= 0.6 is 11.6 Å². The van der Waals surface area contributed by atoms with Crippen molar-refractivity contribution < 1.29 is 0 Å². The van der Waals surface area contributed by atoms with Crippen molar-refractivity contribution in [2.45, 2.75) is 47.5 Å². The topological polar surface area (TPSA) is 37.8 Å². The molecule has 1 heterocycles. The van der Waals surface area contributed by atoms with E-state index in [2.05, 4.69) is 36.1 Å². The van der Waals surface area contributed by atoms with Crippen molar-refractivity contribution in [1.29, 1.82) is 0 Å². The Labute approximate surface area is 109 Å². The van der Waals surface area contributed by atoms with Gasteiger partial charge in [0.25, 0.3) is 0 Å². The molecule has 96 valence electrons. The monoisotopic (exact) mass is 255 g/mol. The second-order valence-electron chi connectivity index (χ2n) is 5.50. The summed E-state index contributed by atoms with van der Waals surface area (Å²) < 4.78 is 0. The van der Waals surface area contributed by atoms with Crippen LogP contribution in [-0.4, -0.2) is 16.5 Å². The predicted octanol–water partition coefficient (Wildman–Crippen LogP) is 3.85. The van der Waals surface area contributed by atoms with Gasteiger partial charge in [0.1, 0.15) is 16.8 Å². The van der Waals surface area contributed by atoms with Gasteiger partial charge in [-0.1, -0.05) is 39.3 Å². The molecule has 4 heteroatoms. The first-order chi connectivity index (χ1) is 7.83. The van der Waals surface area contributed by atoms with Gasteiger partial charge in [-0.05, 0) is 18.8 Å². The van der Waals surface area contributed by atoms with Crippen LogP contribution in [0.15, 0.2) is 0 Å². The predicted molar refractivity (Wildman–Crippen MR) is 73.7 cm³/mol. The molecule has 0 saturated carbocycles. The summed E-state index contributed by atoms with van der Waals surface area (Å²) in [6, 6.07) is 0. The van der Waals surface area contributed by atoms with Crippen molar-refractivity contribution in [3.63, 3.8) is 0 Å². The molecule has 1 aromatic heterocycles. The molecule has 0 amide bonds. The highest BCUT2D eigenvalue weighted by Crippen LogP contribution is 2.22. The number of hydrogen-bond donors (Lipinski definition) is 1. The molecule has 17 heavy (non-hydrogen) atoms. The summed E-state index contributed by atoms with van der Waals surface area (Å²) in [5.74, 6) is 1.66. The van der Waals surface area contributed by atoms with Crippen molar-refractivity contribution in [1.82, 2.24) is 9.97 Å². The van der Waals surface area contributed by atoms with Gasteiger partial charge < -0.3 is 5.32 Å². The molecule has 0 spiro atoms.